The Morgan fingerprint density at radius 1 is 1.47 bits per heavy atom. The molecule has 1 aromatic carbocycles. The van der Waals surface area contributed by atoms with Crippen LogP contribution in [0.25, 0.3) is 11.3 Å². The molecule has 0 aliphatic rings. The maximum atomic E-state index is 8.76. The Bertz CT molecular complexity index is 565. The molecule has 0 unspecified atom stereocenters. The number of nitrogens with two attached hydrogens (primary N) is 1. The van der Waals surface area contributed by atoms with E-state index in [1.54, 1.807) is 4.68 Å². The summed E-state index contributed by atoms with van der Waals surface area (Å²) in [5.41, 5.74) is 9.32. The number of nitrogens with zero attached hydrogens (tertiary/aromatic N) is 4. The summed E-state index contributed by atoms with van der Waals surface area (Å²) < 4.78 is 1.58. The van der Waals surface area contributed by atoms with E-state index in [1.807, 2.05) is 31.2 Å². The molecule has 2 N–H and O–H groups in total. The molecule has 0 fully saturated rings. The molecule has 0 saturated heterocycles. The van der Waals surface area contributed by atoms with Crippen molar-refractivity contribution < 1.29 is 0 Å². The number of nitriles is 1. The Hall–Kier alpha value is -2.19. The topological polar surface area (TPSA) is 80.5 Å². The minimum Gasteiger partial charge on any atom is -0.325 e. The third-order valence-electron chi connectivity index (χ3n) is 2.51. The Morgan fingerprint density at radius 2 is 2.29 bits per heavy atom. The van der Waals surface area contributed by atoms with Crippen molar-refractivity contribution in [1.29, 1.82) is 5.26 Å². The normalized spacial score (nSPS) is 10.2. The van der Waals surface area contributed by atoms with Crippen LogP contribution in [0.5, 0.6) is 0 Å². The van der Waals surface area contributed by atoms with Crippen LogP contribution in [-0.2, 0) is 13.1 Å². The zero-order valence-electron chi connectivity index (χ0n) is 9.59. The second-order valence-corrected chi connectivity index (χ2v) is 3.77. The van der Waals surface area contributed by atoms with E-state index in [0.717, 1.165) is 16.8 Å². The summed E-state index contributed by atoms with van der Waals surface area (Å²) in [6.45, 7) is 2.51. The van der Waals surface area contributed by atoms with Gasteiger partial charge in [-0.2, -0.15) is 5.26 Å². The van der Waals surface area contributed by atoms with E-state index in [-0.39, 0.29) is 6.54 Å². The maximum Gasteiger partial charge on any atom is 0.130 e. The van der Waals surface area contributed by atoms with Gasteiger partial charge in [0.05, 0.1) is 11.8 Å². The van der Waals surface area contributed by atoms with Gasteiger partial charge >= 0.3 is 0 Å². The Morgan fingerprint density at radius 3 is 2.94 bits per heavy atom. The summed E-state index contributed by atoms with van der Waals surface area (Å²) in [5.74, 6) is 0. The summed E-state index contributed by atoms with van der Waals surface area (Å²) >= 11 is 0. The molecule has 1 heterocycles. The van der Waals surface area contributed by atoms with Crippen molar-refractivity contribution in [1.82, 2.24) is 15.0 Å². The van der Waals surface area contributed by atoms with E-state index in [0.29, 0.717) is 12.2 Å². The molecule has 5 nitrogen and oxygen atoms in total. The number of rotatable bonds is 3. The van der Waals surface area contributed by atoms with Crippen molar-refractivity contribution in [2.24, 2.45) is 5.73 Å². The van der Waals surface area contributed by atoms with Crippen molar-refractivity contribution in [3.63, 3.8) is 0 Å². The first kappa shape index (κ1) is 11.3. The monoisotopic (exact) mass is 227 g/mol. The van der Waals surface area contributed by atoms with E-state index >= 15 is 0 Å². The van der Waals surface area contributed by atoms with Gasteiger partial charge in [0.2, 0.25) is 0 Å². The van der Waals surface area contributed by atoms with Crippen LogP contribution in [-0.4, -0.2) is 15.0 Å². The average Bonchev–Trinajstić information content (AvgIpc) is 2.72. The van der Waals surface area contributed by atoms with Gasteiger partial charge in [-0.05, 0) is 13.0 Å². The molecule has 0 bridgehead atoms. The lowest BCUT2D eigenvalue weighted by Gasteiger charge is -2.05. The molecule has 86 valence electrons. The predicted octanol–water partition coefficient (Wildman–Crippen LogP) is 1.24. The fourth-order valence-corrected chi connectivity index (χ4v) is 1.77. The zero-order chi connectivity index (χ0) is 12.3. The highest BCUT2D eigenvalue weighted by Crippen LogP contribution is 2.22. The van der Waals surface area contributed by atoms with Crippen LogP contribution in [0.4, 0.5) is 0 Å². The summed E-state index contributed by atoms with van der Waals surface area (Å²) in [6, 6.07) is 10.1. The summed E-state index contributed by atoms with van der Waals surface area (Å²) in [4.78, 5) is 0. The van der Waals surface area contributed by atoms with Crippen molar-refractivity contribution in [3.05, 3.63) is 35.5 Å². The average molecular weight is 227 g/mol. The highest BCUT2D eigenvalue weighted by atomic mass is 15.4. The lowest BCUT2D eigenvalue weighted by molar-refractivity contribution is 0.673. The standard InChI is InChI=1S/C12H13N5/c1-9-3-2-4-10(7-9)12-11(8-14)15-16-17(12)6-5-13/h2-4,7H,6,8,14H2,1H3. The Balaban J connectivity index is 2.56. The van der Waals surface area contributed by atoms with Gasteiger partial charge in [-0.3, -0.25) is 0 Å². The molecule has 0 radical (unpaired) electrons. The van der Waals surface area contributed by atoms with Gasteiger partial charge in [0.15, 0.2) is 0 Å². The van der Waals surface area contributed by atoms with E-state index < -0.39 is 0 Å². The minimum atomic E-state index is 0.177. The molecule has 0 amide bonds. The first-order valence-electron chi connectivity index (χ1n) is 5.32. The van der Waals surface area contributed by atoms with Gasteiger partial charge in [0.1, 0.15) is 12.2 Å². The highest BCUT2D eigenvalue weighted by molar-refractivity contribution is 5.62. The molecule has 0 aliphatic carbocycles. The molecule has 1 aromatic heterocycles. The van der Waals surface area contributed by atoms with Gasteiger partial charge in [-0.15, -0.1) is 5.10 Å². The smallest absolute Gasteiger partial charge is 0.130 e. The first-order valence-corrected chi connectivity index (χ1v) is 5.32. The highest BCUT2D eigenvalue weighted by Gasteiger charge is 2.13. The van der Waals surface area contributed by atoms with Gasteiger partial charge in [0, 0.05) is 12.1 Å². The fraction of sp³-hybridized carbons (Fsp3) is 0.250. The second-order valence-electron chi connectivity index (χ2n) is 3.77. The first-order chi connectivity index (χ1) is 8.26. The van der Waals surface area contributed by atoms with Gasteiger partial charge in [-0.25, -0.2) is 4.68 Å². The number of hydrogen-bond acceptors (Lipinski definition) is 4. The third-order valence-corrected chi connectivity index (χ3v) is 2.51. The lowest BCUT2D eigenvalue weighted by Crippen LogP contribution is -2.03. The number of aromatic nitrogens is 3. The van der Waals surface area contributed by atoms with E-state index in [1.165, 1.54) is 0 Å². The van der Waals surface area contributed by atoms with Gasteiger partial charge < -0.3 is 5.73 Å². The van der Waals surface area contributed by atoms with Crippen LogP contribution in [0.1, 0.15) is 11.3 Å². The molecule has 0 spiro atoms. The molecule has 2 rings (SSSR count). The largest absolute Gasteiger partial charge is 0.325 e. The number of hydrogen-bond donors (Lipinski definition) is 1. The lowest BCUT2D eigenvalue weighted by atomic mass is 10.1. The Labute approximate surface area is 99.5 Å². The van der Waals surface area contributed by atoms with Crippen molar-refractivity contribution in [3.8, 4) is 17.3 Å². The quantitative estimate of drug-likeness (QED) is 0.855. The van der Waals surface area contributed by atoms with Crippen LogP contribution in [0.15, 0.2) is 24.3 Å². The molecular formula is C12H13N5. The second kappa shape index (κ2) is 4.76. The zero-order valence-corrected chi connectivity index (χ0v) is 9.59. The van der Waals surface area contributed by atoms with Crippen LogP contribution in [0, 0.1) is 18.3 Å². The molecule has 0 saturated carbocycles. The number of aryl methyl sites for hydroxylation is 1. The minimum absolute atomic E-state index is 0.177. The molecular weight excluding hydrogens is 214 g/mol. The SMILES string of the molecule is Cc1cccc(-c2c(CN)nnn2CC#N)c1. The molecule has 17 heavy (non-hydrogen) atoms. The predicted molar refractivity (Wildman–Crippen MR) is 63.7 cm³/mol. The fourth-order valence-electron chi connectivity index (χ4n) is 1.77. The van der Waals surface area contributed by atoms with Gasteiger partial charge in [-0.1, -0.05) is 29.0 Å². The number of benzene rings is 1. The summed E-state index contributed by atoms with van der Waals surface area (Å²) in [7, 11) is 0. The molecule has 5 heteroatoms. The van der Waals surface area contributed by atoms with Crippen LogP contribution in [0.3, 0.4) is 0 Å². The van der Waals surface area contributed by atoms with Crippen molar-refractivity contribution in [2.75, 3.05) is 0 Å². The van der Waals surface area contributed by atoms with Crippen LogP contribution >= 0.6 is 0 Å². The van der Waals surface area contributed by atoms with E-state index in [4.69, 9.17) is 11.0 Å². The van der Waals surface area contributed by atoms with Crippen molar-refractivity contribution in [2.45, 2.75) is 20.0 Å². The van der Waals surface area contributed by atoms with E-state index in [2.05, 4.69) is 16.4 Å². The van der Waals surface area contributed by atoms with Crippen LogP contribution < -0.4 is 5.73 Å². The van der Waals surface area contributed by atoms with Gasteiger partial charge in [0.25, 0.3) is 0 Å². The van der Waals surface area contributed by atoms with Crippen LogP contribution in [0.2, 0.25) is 0 Å². The summed E-state index contributed by atoms with van der Waals surface area (Å²) in [5, 5.41) is 16.7. The molecule has 0 aliphatic heterocycles. The maximum absolute atomic E-state index is 8.76. The molecule has 0 atom stereocenters. The third kappa shape index (κ3) is 2.17. The van der Waals surface area contributed by atoms with Crippen molar-refractivity contribution >= 4 is 0 Å². The molecule has 2 aromatic rings. The summed E-state index contributed by atoms with van der Waals surface area (Å²) in [6.07, 6.45) is 0. The Kier molecular flexibility index (Phi) is 3.17. The van der Waals surface area contributed by atoms with E-state index in [9.17, 15) is 0 Å².